The molecular weight excluding hydrogens is 306 g/mol. The topological polar surface area (TPSA) is 102 Å². The summed E-state index contributed by atoms with van der Waals surface area (Å²) >= 11 is 0. The number of fused-ring (bicyclic) bond motifs is 2. The van der Waals surface area contributed by atoms with Crippen molar-refractivity contribution in [2.75, 3.05) is 5.75 Å². The maximum Gasteiger partial charge on any atom is 0.233 e. The number of rotatable bonds is 3. The SMILES string of the molecule is CC(=O)NC(C)(C)c1noc(C23CCC(C2)S(=O)(=O)CC3)n1. The first kappa shape index (κ1) is 15.5. The highest BCUT2D eigenvalue weighted by atomic mass is 32.2. The van der Waals surface area contributed by atoms with Crippen LogP contribution in [0.5, 0.6) is 0 Å². The Balaban J connectivity index is 1.88. The Morgan fingerprint density at radius 1 is 1.41 bits per heavy atom. The smallest absolute Gasteiger partial charge is 0.233 e. The first-order chi connectivity index (χ1) is 10.1. The molecule has 2 atom stereocenters. The minimum atomic E-state index is -2.96. The average molecular weight is 327 g/mol. The van der Waals surface area contributed by atoms with Crippen LogP contribution in [0.25, 0.3) is 0 Å². The molecule has 1 saturated carbocycles. The summed E-state index contributed by atoms with van der Waals surface area (Å²) in [6.45, 7) is 5.06. The van der Waals surface area contributed by atoms with Crippen LogP contribution in [-0.4, -0.2) is 35.5 Å². The summed E-state index contributed by atoms with van der Waals surface area (Å²) in [6.07, 6.45) is 2.53. The van der Waals surface area contributed by atoms with E-state index in [2.05, 4.69) is 15.5 Å². The molecule has 1 amide bonds. The summed E-state index contributed by atoms with van der Waals surface area (Å²) < 4.78 is 29.4. The molecule has 8 heteroatoms. The molecule has 1 aliphatic carbocycles. The van der Waals surface area contributed by atoms with Gasteiger partial charge in [-0.25, -0.2) is 8.42 Å². The molecule has 122 valence electrons. The second kappa shape index (κ2) is 4.78. The van der Waals surface area contributed by atoms with E-state index in [4.69, 9.17) is 4.52 Å². The lowest BCUT2D eigenvalue weighted by Gasteiger charge is -2.29. The zero-order valence-electron chi connectivity index (χ0n) is 13.0. The van der Waals surface area contributed by atoms with Gasteiger partial charge in [-0.3, -0.25) is 4.79 Å². The normalized spacial score (nSPS) is 30.2. The van der Waals surface area contributed by atoms with E-state index >= 15 is 0 Å². The van der Waals surface area contributed by atoms with Crippen LogP contribution in [-0.2, 0) is 25.6 Å². The van der Waals surface area contributed by atoms with Crippen LogP contribution in [0.4, 0.5) is 0 Å². The number of carbonyl (C=O) groups excluding carboxylic acids is 1. The van der Waals surface area contributed by atoms with Gasteiger partial charge in [-0.2, -0.15) is 4.98 Å². The maximum atomic E-state index is 12.0. The van der Waals surface area contributed by atoms with E-state index in [0.29, 0.717) is 31.0 Å². The quantitative estimate of drug-likeness (QED) is 0.890. The summed E-state index contributed by atoms with van der Waals surface area (Å²) in [4.78, 5) is 15.8. The van der Waals surface area contributed by atoms with Gasteiger partial charge < -0.3 is 9.84 Å². The van der Waals surface area contributed by atoms with Crippen LogP contribution in [0.3, 0.4) is 0 Å². The van der Waals surface area contributed by atoms with Crippen molar-refractivity contribution in [2.24, 2.45) is 0 Å². The summed E-state index contributed by atoms with van der Waals surface area (Å²) in [7, 11) is -2.96. The second-order valence-corrected chi connectivity index (χ2v) is 9.39. The Labute approximate surface area is 129 Å². The van der Waals surface area contributed by atoms with Crippen LogP contribution in [0, 0.1) is 0 Å². The number of aromatic nitrogens is 2. The maximum absolute atomic E-state index is 12.0. The van der Waals surface area contributed by atoms with Crippen molar-refractivity contribution in [3.05, 3.63) is 11.7 Å². The van der Waals surface area contributed by atoms with Gasteiger partial charge in [-0.1, -0.05) is 5.16 Å². The van der Waals surface area contributed by atoms with Crippen molar-refractivity contribution in [3.8, 4) is 0 Å². The number of hydrogen-bond acceptors (Lipinski definition) is 6. The highest BCUT2D eigenvalue weighted by molar-refractivity contribution is 7.92. The van der Waals surface area contributed by atoms with Gasteiger partial charge in [0.25, 0.3) is 0 Å². The van der Waals surface area contributed by atoms with Crippen molar-refractivity contribution in [3.63, 3.8) is 0 Å². The van der Waals surface area contributed by atoms with E-state index in [9.17, 15) is 13.2 Å². The number of nitrogens with one attached hydrogen (secondary N) is 1. The fourth-order valence-corrected chi connectivity index (χ4v) is 5.66. The summed E-state index contributed by atoms with van der Waals surface area (Å²) in [5, 5.41) is 6.52. The minimum Gasteiger partial charge on any atom is -0.344 e. The molecule has 1 aliphatic heterocycles. The fraction of sp³-hybridized carbons (Fsp3) is 0.786. The molecule has 2 bridgehead atoms. The number of hydrogen-bond donors (Lipinski definition) is 1. The van der Waals surface area contributed by atoms with Crippen LogP contribution in [0.2, 0.25) is 0 Å². The third kappa shape index (κ3) is 2.43. The van der Waals surface area contributed by atoms with Crippen LogP contribution in [0.15, 0.2) is 4.52 Å². The molecule has 2 fully saturated rings. The Morgan fingerprint density at radius 3 is 2.82 bits per heavy atom. The van der Waals surface area contributed by atoms with Gasteiger partial charge >= 0.3 is 0 Å². The van der Waals surface area contributed by atoms with Gasteiger partial charge in [0.2, 0.25) is 11.8 Å². The lowest BCUT2D eigenvalue weighted by Crippen LogP contribution is -2.41. The van der Waals surface area contributed by atoms with Crippen LogP contribution < -0.4 is 5.32 Å². The molecular formula is C14H21N3O4S. The molecule has 2 aliphatic rings. The van der Waals surface area contributed by atoms with Crippen LogP contribution >= 0.6 is 0 Å². The van der Waals surface area contributed by atoms with Crippen molar-refractivity contribution in [1.82, 2.24) is 15.5 Å². The van der Waals surface area contributed by atoms with Crippen molar-refractivity contribution in [2.45, 2.75) is 62.7 Å². The molecule has 1 aromatic rings. The van der Waals surface area contributed by atoms with Crippen molar-refractivity contribution in [1.29, 1.82) is 0 Å². The van der Waals surface area contributed by atoms with E-state index in [1.54, 1.807) is 0 Å². The molecule has 1 N–H and O–H groups in total. The number of sulfone groups is 1. The first-order valence-corrected chi connectivity index (χ1v) is 9.21. The fourth-order valence-electron chi connectivity index (χ4n) is 3.61. The molecule has 22 heavy (non-hydrogen) atoms. The summed E-state index contributed by atoms with van der Waals surface area (Å²) in [6, 6.07) is 0. The molecule has 2 heterocycles. The minimum absolute atomic E-state index is 0.167. The van der Waals surface area contributed by atoms with E-state index in [0.717, 1.165) is 6.42 Å². The molecule has 0 spiro atoms. The van der Waals surface area contributed by atoms with E-state index in [1.807, 2.05) is 13.8 Å². The predicted octanol–water partition coefficient (Wildman–Crippen LogP) is 1.05. The molecule has 7 nitrogen and oxygen atoms in total. The molecule has 1 saturated heterocycles. The van der Waals surface area contributed by atoms with E-state index in [1.165, 1.54) is 6.92 Å². The van der Waals surface area contributed by atoms with E-state index in [-0.39, 0.29) is 22.3 Å². The molecule has 2 unspecified atom stereocenters. The lowest BCUT2D eigenvalue weighted by molar-refractivity contribution is -0.120. The predicted molar refractivity (Wildman–Crippen MR) is 78.9 cm³/mol. The zero-order chi connectivity index (χ0) is 16.2. The van der Waals surface area contributed by atoms with E-state index < -0.39 is 15.4 Å². The highest BCUT2D eigenvalue weighted by Gasteiger charge is 2.53. The van der Waals surface area contributed by atoms with Gasteiger partial charge in [0, 0.05) is 6.92 Å². The van der Waals surface area contributed by atoms with Gasteiger partial charge in [-0.05, 0) is 39.5 Å². The number of amides is 1. The Morgan fingerprint density at radius 2 is 2.14 bits per heavy atom. The average Bonchev–Trinajstić information content (AvgIpc) is 3.01. The van der Waals surface area contributed by atoms with Gasteiger partial charge in [-0.15, -0.1) is 0 Å². The third-order valence-corrected chi connectivity index (χ3v) is 7.05. The summed E-state index contributed by atoms with van der Waals surface area (Å²) in [5.74, 6) is 0.950. The Hall–Kier alpha value is -1.44. The molecule has 3 rings (SSSR count). The monoisotopic (exact) mass is 327 g/mol. The first-order valence-electron chi connectivity index (χ1n) is 7.50. The lowest BCUT2D eigenvalue weighted by atomic mass is 9.83. The van der Waals surface area contributed by atoms with Crippen molar-refractivity contribution >= 4 is 15.7 Å². The van der Waals surface area contributed by atoms with Gasteiger partial charge in [0.05, 0.1) is 22.0 Å². The zero-order valence-corrected chi connectivity index (χ0v) is 13.9. The Kier molecular flexibility index (Phi) is 3.36. The number of carbonyl (C=O) groups is 1. The molecule has 0 aromatic carbocycles. The third-order valence-electron chi connectivity index (χ3n) is 4.86. The molecule has 0 radical (unpaired) electrons. The van der Waals surface area contributed by atoms with Crippen LogP contribution in [0.1, 0.15) is 58.2 Å². The summed E-state index contributed by atoms with van der Waals surface area (Å²) in [5.41, 5.74) is -1.03. The van der Waals surface area contributed by atoms with Crippen molar-refractivity contribution < 1.29 is 17.7 Å². The second-order valence-electron chi connectivity index (χ2n) is 6.99. The number of nitrogens with zero attached hydrogens (tertiary/aromatic N) is 2. The largest absolute Gasteiger partial charge is 0.344 e. The van der Waals surface area contributed by atoms with Gasteiger partial charge in [0.1, 0.15) is 0 Å². The Bertz CT molecular complexity index is 709. The standard InChI is InChI=1S/C14H21N3O4S/c1-9(18)16-13(2,3)11-15-12(21-17-11)14-5-4-10(8-14)22(19,20)7-6-14/h10H,4-8H2,1-3H3,(H,16,18). The molecule has 1 aromatic heterocycles. The van der Waals surface area contributed by atoms with Gasteiger partial charge in [0.15, 0.2) is 15.7 Å². The highest BCUT2D eigenvalue weighted by Crippen LogP contribution is 2.49.